The van der Waals surface area contributed by atoms with Gasteiger partial charge in [0.1, 0.15) is 5.76 Å². The van der Waals surface area contributed by atoms with Gasteiger partial charge in [0, 0.05) is 11.1 Å². The molecule has 1 aromatic carbocycles. The third-order valence-electron chi connectivity index (χ3n) is 2.66. The highest BCUT2D eigenvalue weighted by Crippen LogP contribution is 2.30. The Kier molecular flexibility index (Phi) is 3.82. The van der Waals surface area contributed by atoms with Crippen molar-refractivity contribution in [1.29, 1.82) is 0 Å². The summed E-state index contributed by atoms with van der Waals surface area (Å²) in [6.45, 7) is 1.68. The highest BCUT2D eigenvalue weighted by molar-refractivity contribution is 6.35. The number of carbonyl (C=O) groups excluding carboxylic acids is 1. The van der Waals surface area contributed by atoms with Crippen molar-refractivity contribution in [3.05, 3.63) is 45.8 Å². The predicted molar refractivity (Wildman–Crippen MR) is 78.9 cm³/mol. The number of benzene rings is 1. The summed E-state index contributed by atoms with van der Waals surface area (Å²) in [5.74, 6) is 0.130. The lowest BCUT2D eigenvalue weighted by Gasteiger charge is -1.99. The van der Waals surface area contributed by atoms with E-state index in [0.29, 0.717) is 21.4 Å². The van der Waals surface area contributed by atoms with Crippen LogP contribution in [0, 0.1) is 6.92 Å². The molecule has 112 valence electrons. The van der Waals surface area contributed by atoms with Crippen molar-refractivity contribution in [2.45, 2.75) is 6.92 Å². The van der Waals surface area contributed by atoms with E-state index < -0.39 is 5.91 Å². The van der Waals surface area contributed by atoms with E-state index in [4.69, 9.17) is 32.1 Å². The quantitative estimate of drug-likeness (QED) is 0.784. The minimum atomic E-state index is -0.524. The molecule has 22 heavy (non-hydrogen) atoms. The van der Waals surface area contributed by atoms with Crippen molar-refractivity contribution in [2.24, 2.45) is 0 Å². The van der Waals surface area contributed by atoms with E-state index in [1.165, 1.54) is 6.07 Å². The number of nitrogens with zero attached hydrogens (tertiary/aromatic N) is 3. The summed E-state index contributed by atoms with van der Waals surface area (Å²) in [5, 5.41) is 14.4. The number of carbonyl (C=O) groups is 1. The molecule has 1 amide bonds. The van der Waals surface area contributed by atoms with E-state index >= 15 is 0 Å². The van der Waals surface area contributed by atoms with Crippen molar-refractivity contribution in [3.63, 3.8) is 0 Å². The van der Waals surface area contributed by atoms with Crippen molar-refractivity contribution < 1.29 is 13.7 Å². The molecule has 7 nitrogen and oxygen atoms in total. The van der Waals surface area contributed by atoms with Crippen LogP contribution in [0.2, 0.25) is 10.0 Å². The molecule has 2 aromatic heterocycles. The fourth-order valence-electron chi connectivity index (χ4n) is 1.68. The second-order valence-corrected chi connectivity index (χ2v) is 5.16. The van der Waals surface area contributed by atoms with Crippen molar-refractivity contribution in [3.8, 4) is 11.5 Å². The summed E-state index contributed by atoms with van der Waals surface area (Å²) in [6.07, 6.45) is 0. The van der Waals surface area contributed by atoms with Crippen molar-refractivity contribution in [2.75, 3.05) is 5.32 Å². The van der Waals surface area contributed by atoms with Crippen molar-refractivity contribution in [1.82, 2.24) is 15.4 Å². The molecule has 3 rings (SSSR count). The number of rotatable bonds is 3. The van der Waals surface area contributed by atoms with E-state index in [1.807, 2.05) is 0 Å². The molecule has 9 heteroatoms. The molecule has 2 heterocycles. The molecule has 0 unspecified atom stereocenters. The normalized spacial score (nSPS) is 10.7. The van der Waals surface area contributed by atoms with E-state index in [9.17, 15) is 4.79 Å². The number of aryl methyl sites for hydroxylation is 1. The van der Waals surface area contributed by atoms with Crippen LogP contribution in [0.4, 0.5) is 6.01 Å². The molecule has 0 aliphatic heterocycles. The molecule has 1 N–H and O–H groups in total. The van der Waals surface area contributed by atoms with E-state index in [1.54, 1.807) is 25.1 Å². The number of anilines is 1. The molecule has 0 aliphatic rings. The van der Waals surface area contributed by atoms with Crippen LogP contribution in [-0.4, -0.2) is 21.3 Å². The van der Waals surface area contributed by atoms with Gasteiger partial charge in [0.2, 0.25) is 0 Å². The minimum Gasteiger partial charge on any atom is -0.403 e. The zero-order chi connectivity index (χ0) is 15.7. The zero-order valence-electron chi connectivity index (χ0n) is 11.1. The Hall–Kier alpha value is -2.38. The van der Waals surface area contributed by atoms with Gasteiger partial charge in [-0.3, -0.25) is 10.1 Å². The van der Waals surface area contributed by atoms with Gasteiger partial charge in [-0.25, -0.2) is 0 Å². The van der Waals surface area contributed by atoms with Gasteiger partial charge in [0.25, 0.3) is 11.8 Å². The van der Waals surface area contributed by atoms with Crippen LogP contribution in [0.1, 0.15) is 16.2 Å². The maximum Gasteiger partial charge on any atom is 0.322 e. The molecular weight excluding hydrogens is 331 g/mol. The van der Waals surface area contributed by atoms with Crippen LogP contribution in [-0.2, 0) is 0 Å². The summed E-state index contributed by atoms with van der Waals surface area (Å²) in [7, 11) is 0. The molecule has 0 saturated carbocycles. The minimum absolute atomic E-state index is 0.0864. The highest BCUT2D eigenvalue weighted by atomic mass is 35.5. The third kappa shape index (κ3) is 2.95. The van der Waals surface area contributed by atoms with Gasteiger partial charge in [0.05, 0.1) is 10.6 Å². The van der Waals surface area contributed by atoms with E-state index in [2.05, 4.69) is 20.7 Å². The molecule has 0 spiro atoms. The summed E-state index contributed by atoms with van der Waals surface area (Å²) in [5.41, 5.74) is 0.581. The van der Waals surface area contributed by atoms with E-state index in [0.717, 1.165) is 0 Å². The smallest absolute Gasteiger partial charge is 0.322 e. The summed E-state index contributed by atoms with van der Waals surface area (Å²) in [4.78, 5) is 11.9. The van der Waals surface area contributed by atoms with Crippen molar-refractivity contribution >= 4 is 35.1 Å². The van der Waals surface area contributed by atoms with Crippen LogP contribution in [0.25, 0.3) is 11.5 Å². The number of hydrogen-bond acceptors (Lipinski definition) is 6. The standard InChI is InChI=1S/C13H8Cl2N4O3/c1-6-4-10(19-22-6)11(20)16-13-18-17-12(21-13)8-5-7(14)2-3-9(8)15/h2-5H,1H3,(H,16,18,20). The fraction of sp³-hybridized carbons (Fsp3) is 0.0769. The number of nitrogens with one attached hydrogen (secondary N) is 1. The summed E-state index contributed by atoms with van der Waals surface area (Å²) < 4.78 is 10.2. The average molecular weight is 339 g/mol. The third-order valence-corrected chi connectivity index (χ3v) is 3.23. The number of halogens is 2. The van der Waals surface area contributed by atoms with Gasteiger partial charge >= 0.3 is 6.01 Å². The zero-order valence-corrected chi connectivity index (χ0v) is 12.6. The summed E-state index contributed by atoms with van der Waals surface area (Å²) in [6, 6.07) is 6.24. The first-order chi connectivity index (χ1) is 10.5. The van der Waals surface area contributed by atoms with Gasteiger partial charge in [-0.1, -0.05) is 33.5 Å². The lowest BCUT2D eigenvalue weighted by Crippen LogP contribution is -2.12. The first kappa shape index (κ1) is 14.6. The topological polar surface area (TPSA) is 94.1 Å². The Bertz CT molecular complexity index is 843. The first-order valence-corrected chi connectivity index (χ1v) is 6.82. The SMILES string of the molecule is Cc1cc(C(=O)Nc2nnc(-c3cc(Cl)ccc3Cl)o2)no1. The summed E-state index contributed by atoms with van der Waals surface area (Å²) >= 11 is 12.0. The maximum atomic E-state index is 11.9. The molecule has 0 bridgehead atoms. The molecule has 0 aliphatic carbocycles. The molecular formula is C13H8Cl2N4O3. The van der Waals surface area contributed by atoms with Gasteiger partial charge in [-0.05, 0) is 25.1 Å². The number of amides is 1. The van der Waals surface area contributed by atoms with Gasteiger partial charge in [0.15, 0.2) is 5.69 Å². The Balaban J connectivity index is 1.82. The molecule has 0 fully saturated rings. The lowest BCUT2D eigenvalue weighted by atomic mass is 10.2. The van der Waals surface area contributed by atoms with Gasteiger partial charge < -0.3 is 8.94 Å². The largest absolute Gasteiger partial charge is 0.403 e. The Labute approximate surface area is 134 Å². The van der Waals surface area contributed by atoms with E-state index in [-0.39, 0.29) is 17.6 Å². The highest BCUT2D eigenvalue weighted by Gasteiger charge is 2.17. The second-order valence-electron chi connectivity index (χ2n) is 4.31. The first-order valence-electron chi connectivity index (χ1n) is 6.06. The van der Waals surface area contributed by atoms with Crippen LogP contribution < -0.4 is 5.32 Å². The molecule has 0 atom stereocenters. The average Bonchev–Trinajstić information content (AvgIpc) is 3.11. The van der Waals surface area contributed by atoms with Gasteiger partial charge in [-0.2, -0.15) is 0 Å². The lowest BCUT2D eigenvalue weighted by molar-refractivity contribution is 0.101. The Morgan fingerprint density at radius 2 is 2.05 bits per heavy atom. The monoisotopic (exact) mass is 338 g/mol. The molecule has 0 radical (unpaired) electrons. The Morgan fingerprint density at radius 3 is 2.77 bits per heavy atom. The number of hydrogen-bond donors (Lipinski definition) is 1. The maximum absolute atomic E-state index is 11.9. The van der Waals surface area contributed by atoms with Crippen LogP contribution in [0.5, 0.6) is 0 Å². The fourth-order valence-corrected chi connectivity index (χ4v) is 2.05. The van der Waals surface area contributed by atoms with Crippen LogP contribution >= 0.6 is 23.2 Å². The Morgan fingerprint density at radius 1 is 1.23 bits per heavy atom. The van der Waals surface area contributed by atoms with Crippen LogP contribution in [0.3, 0.4) is 0 Å². The predicted octanol–water partition coefficient (Wildman–Crippen LogP) is 3.59. The molecule has 3 aromatic rings. The number of aromatic nitrogens is 3. The van der Waals surface area contributed by atoms with Gasteiger partial charge in [-0.15, -0.1) is 5.10 Å². The molecule has 0 saturated heterocycles. The van der Waals surface area contributed by atoms with Crippen LogP contribution in [0.15, 0.2) is 33.2 Å². The second kappa shape index (κ2) is 5.78.